The maximum Gasteiger partial charge on any atom is 0.420 e. The number of pyridine rings is 1. The third-order valence-corrected chi connectivity index (χ3v) is 3.39. The quantitative estimate of drug-likeness (QED) is 0.614. The fraction of sp³-hybridized carbons (Fsp3) is 0.222. The van der Waals surface area contributed by atoms with Gasteiger partial charge in [-0.3, -0.25) is 9.59 Å². The number of hydrogen-bond acceptors (Lipinski definition) is 5. The number of benzene rings is 1. The van der Waals surface area contributed by atoms with Gasteiger partial charge in [-0.25, -0.2) is 4.98 Å². The number of nitrogens with zero attached hydrogens (tertiary/aromatic N) is 2. The van der Waals surface area contributed by atoms with Crippen LogP contribution in [0.15, 0.2) is 36.5 Å². The molecular formula is C18H14F3N3O3. The van der Waals surface area contributed by atoms with E-state index in [-0.39, 0.29) is 29.3 Å². The van der Waals surface area contributed by atoms with Gasteiger partial charge in [0.25, 0.3) is 0 Å². The monoisotopic (exact) mass is 377 g/mol. The van der Waals surface area contributed by atoms with Crippen LogP contribution in [0.3, 0.4) is 0 Å². The van der Waals surface area contributed by atoms with Gasteiger partial charge >= 0.3 is 6.18 Å². The maximum atomic E-state index is 13.1. The highest BCUT2D eigenvalue weighted by Gasteiger charge is 2.34. The first-order chi connectivity index (χ1) is 12.7. The lowest BCUT2D eigenvalue weighted by molar-refractivity contribution is -0.138. The Kier molecular flexibility index (Phi) is 6.13. The van der Waals surface area contributed by atoms with E-state index in [1.165, 1.54) is 24.4 Å². The molecule has 1 aromatic heterocycles. The second-order valence-corrected chi connectivity index (χ2v) is 5.33. The highest BCUT2D eigenvalue weighted by Crippen LogP contribution is 2.37. The normalized spacial score (nSPS) is 10.8. The molecule has 1 N–H and O–H groups in total. The van der Waals surface area contributed by atoms with Gasteiger partial charge in [-0.1, -0.05) is 0 Å². The lowest BCUT2D eigenvalue weighted by Gasteiger charge is -2.15. The van der Waals surface area contributed by atoms with Gasteiger partial charge in [0.1, 0.15) is 17.5 Å². The predicted octanol–water partition coefficient (Wildman–Crippen LogP) is 3.58. The zero-order chi connectivity index (χ0) is 20.0. The first-order valence-electron chi connectivity index (χ1n) is 7.78. The van der Waals surface area contributed by atoms with Gasteiger partial charge in [0.15, 0.2) is 5.78 Å². The Hall–Kier alpha value is -3.41. The molecule has 27 heavy (non-hydrogen) atoms. The standard InChI is InChI=1S/C18H14F3N3O3/c1-2-27-16-4-3-12(8-14(16)18(19,20)21)24-17(26)9-15(25)11-5-6-23-13(7-11)10-22/h3-8H,2,9H2,1H3,(H,24,26). The van der Waals surface area contributed by atoms with Crippen LogP contribution in [0.5, 0.6) is 5.75 Å². The topological polar surface area (TPSA) is 92.1 Å². The number of Topliss-reactive ketones (excluding diaryl/α,β-unsaturated/α-hetero) is 1. The fourth-order valence-corrected chi connectivity index (χ4v) is 2.23. The Morgan fingerprint density at radius 2 is 2.00 bits per heavy atom. The molecular weight excluding hydrogens is 363 g/mol. The number of nitriles is 1. The van der Waals surface area contributed by atoms with Crippen molar-refractivity contribution in [2.45, 2.75) is 19.5 Å². The van der Waals surface area contributed by atoms with Crippen LogP contribution < -0.4 is 10.1 Å². The van der Waals surface area contributed by atoms with E-state index in [1.54, 1.807) is 13.0 Å². The summed E-state index contributed by atoms with van der Waals surface area (Å²) < 4.78 is 44.3. The summed E-state index contributed by atoms with van der Waals surface area (Å²) in [5.74, 6) is -1.72. The molecule has 0 radical (unpaired) electrons. The Labute approximate surface area is 152 Å². The lowest BCUT2D eigenvalue weighted by atomic mass is 10.1. The predicted molar refractivity (Wildman–Crippen MR) is 89.1 cm³/mol. The van der Waals surface area contributed by atoms with Crippen LogP contribution in [-0.4, -0.2) is 23.3 Å². The summed E-state index contributed by atoms with van der Waals surface area (Å²) in [5, 5.41) is 11.0. The largest absolute Gasteiger partial charge is 0.493 e. The summed E-state index contributed by atoms with van der Waals surface area (Å²) in [5.41, 5.74) is -1.01. The number of ketones is 1. The van der Waals surface area contributed by atoms with Gasteiger partial charge in [-0.05, 0) is 37.3 Å². The van der Waals surface area contributed by atoms with Crippen LogP contribution in [0, 0.1) is 11.3 Å². The van der Waals surface area contributed by atoms with E-state index in [4.69, 9.17) is 10.00 Å². The number of aromatic nitrogens is 1. The number of halogens is 3. The molecule has 0 spiro atoms. The summed E-state index contributed by atoms with van der Waals surface area (Å²) in [6.07, 6.45) is -4.00. The van der Waals surface area contributed by atoms with Crippen LogP contribution in [0.2, 0.25) is 0 Å². The maximum absolute atomic E-state index is 13.1. The van der Waals surface area contributed by atoms with Crippen LogP contribution in [0.1, 0.15) is 35.0 Å². The molecule has 1 aromatic carbocycles. The third kappa shape index (κ3) is 5.28. The molecule has 1 heterocycles. The van der Waals surface area contributed by atoms with E-state index in [9.17, 15) is 22.8 Å². The number of hydrogen-bond donors (Lipinski definition) is 1. The van der Waals surface area contributed by atoms with E-state index >= 15 is 0 Å². The Morgan fingerprint density at radius 1 is 1.26 bits per heavy atom. The molecule has 0 saturated heterocycles. The zero-order valence-corrected chi connectivity index (χ0v) is 14.1. The highest BCUT2D eigenvalue weighted by atomic mass is 19.4. The molecule has 6 nitrogen and oxygen atoms in total. The van der Waals surface area contributed by atoms with Crippen LogP contribution in [-0.2, 0) is 11.0 Å². The van der Waals surface area contributed by atoms with Crippen LogP contribution in [0.4, 0.5) is 18.9 Å². The van der Waals surface area contributed by atoms with Crippen molar-refractivity contribution in [2.75, 3.05) is 11.9 Å². The van der Waals surface area contributed by atoms with Crippen LogP contribution >= 0.6 is 0 Å². The molecule has 0 bridgehead atoms. The molecule has 0 unspecified atom stereocenters. The van der Waals surface area contributed by atoms with Crippen molar-refractivity contribution < 1.29 is 27.5 Å². The molecule has 0 aliphatic rings. The van der Waals surface area contributed by atoms with Crippen molar-refractivity contribution >= 4 is 17.4 Å². The van der Waals surface area contributed by atoms with Gasteiger partial charge < -0.3 is 10.1 Å². The van der Waals surface area contributed by atoms with E-state index in [0.717, 1.165) is 12.1 Å². The average Bonchev–Trinajstić information content (AvgIpc) is 2.62. The summed E-state index contributed by atoms with van der Waals surface area (Å²) in [7, 11) is 0. The number of nitrogens with one attached hydrogen (secondary N) is 1. The number of anilines is 1. The van der Waals surface area contributed by atoms with Crippen molar-refractivity contribution in [1.29, 1.82) is 5.26 Å². The Morgan fingerprint density at radius 3 is 2.63 bits per heavy atom. The van der Waals surface area contributed by atoms with Gasteiger partial charge in [0.05, 0.1) is 18.6 Å². The smallest absolute Gasteiger partial charge is 0.420 e. The number of rotatable bonds is 6. The second-order valence-electron chi connectivity index (χ2n) is 5.33. The summed E-state index contributed by atoms with van der Waals surface area (Å²) in [4.78, 5) is 27.8. The molecule has 0 fully saturated rings. The van der Waals surface area contributed by atoms with Crippen molar-refractivity contribution in [2.24, 2.45) is 0 Å². The van der Waals surface area contributed by atoms with Gasteiger partial charge in [-0.2, -0.15) is 18.4 Å². The number of ether oxygens (including phenoxy) is 1. The molecule has 0 aliphatic carbocycles. The van der Waals surface area contributed by atoms with E-state index < -0.39 is 29.9 Å². The van der Waals surface area contributed by atoms with Gasteiger partial charge in [0, 0.05) is 17.4 Å². The summed E-state index contributed by atoms with van der Waals surface area (Å²) >= 11 is 0. The molecule has 0 aliphatic heterocycles. The summed E-state index contributed by atoms with van der Waals surface area (Å²) in [6.45, 7) is 1.61. The van der Waals surface area contributed by atoms with Crippen molar-refractivity contribution in [3.8, 4) is 11.8 Å². The highest BCUT2D eigenvalue weighted by molar-refractivity contribution is 6.11. The molecule has 0 atom stereocenters. The fourth-order valence-electron chi connectivity index (χ4n) is 2.23. The van der Waals surface area contributed by atoms with Crippen molar-refractivity contribution in [1.82, 2.24) is 4.98 Å². The Balaban J connectivity index is 2.13. The molecule has 2 aromatic rings. The molecule has 2 rings (SSSR count). The molecule has 1 amide bonds. The minimum Gasteiger partial charge on any atom is -0.493 e. The number of carbonyl (C=O) groups is 2. The van der Waals surface area contributed by atoms with Gasteiger partial charge in [-0.15, -0.1) is 0 Å². The number of carbonyl (C=O) groups excluding carboxylic acids is 2. The van der Waals surface area contributed by atoms with E-state index in [2.05, 4.69) is 10.3 Å². The Bertz CT molecular complexity index is 905. The van der Waals surface area contributed by atoms with Gasteiger partial charge in [0.2, 0.25) is 5.91 Å². The molecule has 0 saturated carbocycles. The lowest BCUT2D eigenvalue weighted by Crippen LogP contribution is -2.17. The SMILES string of the molecule is CCOc1ccc(NC(=O)CC(=O)c2ccnc(C#N)c2)cc1C(F)(F)F. The number of amides is 1. The molecule has 9 heteroatoms. The first-order valence-corrected chi connectivity index (χ1v) is 7.78. The molecule has 140 valence electrons. The summed E-state index contributed by atoms with van der Waals surface area (Å²) in [6, 6.07) is 7.44. The third-order valence-electron chi connectivity index (χ3n) is 3.39. The van der Waals surface area contributed by atoms with Crippen LogP contribution in [0.25, 0.3) is 0 Å². The minimum absolute atomic E-state index is 0.0163. The number of alkyl halides is 3. The zero-order valence-electron chi connectivity index (χ0n) is 14.1. The minimum atomic E-state index is -4.66. The first kappa shape index (κ1) is 19.9. The van der Waals surface area contributed by atoms with E-state index in [0.29, 0.717) is 0 Å². The van der Waals surface area contributed by atoms with Crippen molar-refractivity contribution in [3.63, 3.8) is 0 Å². The second kappa shape index (κ2) is 8.31. The van der Waals surface area contributed by atoms with Crippen molar-refractivity contribution in [3.05, 3.63) is 53.3 Å². The average molecular weight is 377 g/mol. The van der Waals surface area contributed by atoms with E-state index in [1.807, 2.05) is 0 Å².